The summed E-state index contributed by atoms with van der Waals surface area (Å²) in [5.74, 6) is -0.0858. The Morgan fingerprint density at radius 2 is 1.65 bits per heavy atom. The first-order valence-electron chi connectivity index (χ1n) is 15.0. The average molecular weight is 623 g/mol. The van der Waals surface area contributed by atoms with Crippen LogP contribution in [0.25, 0.3) is 0 Å². The Balaban J connectivity index is 1.71. The van der Waals surface area contributed by atoms with Crippen LogP contribution in [0.3, 0.4) is 0 Å². The van der Waals surface area contributed by atoms with Gasteiger partial charge in [0.2, 0.25) is 0 Å². The number of hydrogen-bond donors (Lipinski definition) is 1. The number of sulfone groups is 1. The molecule has 0 saturated heterocycles. The van der Waals surface area contributed by atoms with E-state index in [0.29, 0.717) is 29.8 Å². The summed E-state index contributed by atoms with van der Waals surface area (Å²) in [7, 11) is -3.71. The zero-order valence-electron chi connectivity index (χ0n) is 25.3. The number of aldehydes is 1. The summed E-state index contributed by atoms with van der Waals surface area (Å²) in [6.45, 7) is 4.53. The minimum absolute atomic E-state index is 0.0625. The van der Waals surface area contributed by atoms with E-state index in [9.17, 15) is 18.0 Å². The van der Waals surface area contributed by atoms with Crippen LogP contribution >= 0.6 is 11.8 Å². The number of nitrogens with zero attached hydrogens (tertiary/aromatic N) is 1. The highest BCUT2D eigenvalue weighted by atomic mass is 32.2. The number of para-hydroxylation sites is 1. The van der Waals surface area contributed by atoms with Crippen molar-refractivity contribution in [3.8, 4) is 5.75 Å². The van der Waals surface area contributed by atoms with Gasteiger partial charge in [0.15, 0.2) is 16.4 Å². The standard InChI is InChI=1S/C34H42N2O5S2/c1-4-6-18-34(19-7-5-2)24-36(27-16-12-9-13-17-27)29-20-31(42-3)30(21-32(29)43(39,40)25-34)41-23-33(38)35-28(22-37)26-14-10-8-11-15-26/h8-17,20-22,28H,4-7,18-19,23-25H2,1-3H3,(H,35,38)/t28-/m0/s1. The number of carbonyl (C=O) groups excluding carboxylic acids is 2. The Morgan fingerprint density at radius 3 is 2.23 bits per heavy atom. The number of benzene rings is 3. The van der Waals surface area contributed by atoms with E-state index >= 15 is 0 Å². The van der Waals surface area contributed by atoms with E-state index < -0.39 is 27.2 Å². The molecule has 3 aromatic rings. The summed E-state index contributed by atoms with van der Waals surface area (Å²) in [6.07, 6.45) is 8.16. The monoisotopic (exact) mass is 622 g/mol. The van der Waals surface area contributed by atoms with Crippen LogP contribution in [-0.4, -0.2) is 45.8 Å². The molecule has 1 heterocycles. The molecule has 230 valence electrons. The van der Waals surface area contributed by atoms with E-state index in [2.05, 4.69) is 24.1 Å². The van der Waals surface area contributed by atoms with Gasteiger partial charge in [-0.15, -0.1) is 11.8 Å². The van der Waals surface area contributed by atoms with Crippen molar-refractivity contribution in [2.75, 3.05) is 30.1 Å². The molecule has 1 amide bonds. The highest BCUT2D eigenvalue weighted by molar-refractivity contribution is 7.98. The molecule has 9 heteroatoms. The molecule has 1 atom stereocenters. The SMILES string of the molecule is CCCCC1(CCCC)CN(c2ccccc2)c2cc(SC)c(OCC(=O)N[C@@H](C=O)c3ccccc3)cc2S(=O)(=O)C1. The van der Waals surface area contributed by atoms with Crippen molar-refractivity contribution >= 4 is 45.2 Å². The lowest BCUT2D eigenvalue weighted by molar-refractivity contribution is -0.125. The third-order valence-electron chi connectivity index (χ3n) is 8.02. The first-order valence-corrected chi connectivity index (χ1v) is 17.8. The summed E-state index contributed by atoms with van der Waals surface area (Å²) in [5, 5.41) is 2.69. The zero-order chi connectivity index (χ0) is 30.9. The number of ether oxygens (including phenoxy) is 1. The molecule has 0 aromatic heterocycles. The van der Waals surface area contributed by atoms with Crippen molar-refractivity contribution < 1.29 is 22.7 Å². The van der Waals surface area contributed by atoms with Crippen LogP contribution in [0.15, 0.2) is 82.6 Å². The fourth-order valence-electron chi connectivity index (χ4n) is 5.79. The Bertz CT molecular complexity index is 1470. The average Bonchev–Trinajstić information content (AvgIpc) is 3.12. The lowest BCUT2D eigenvalue weighted by Crippen LogP contribution is -2.38. The van der Waals surface area contributed by atoms with E-state index in [1.54, 1.807) is 30.3 Å². The Kier molecular flexibility index (Phi) is 11.3. The molecule has 0 fully saturated rings. The lowest BCUT2D eigenvalue weighted by Gasteiger charge is -2.37. The predicted molar refractivity (Wildman–Crippen MR) is 174 cm³/mol. The van der Waals surface area contributed by atoms with Crippen molar-refractivity contribution in [2.45, 2.75) is 68.2 Å². The molecule has 0 aliphatic carbocycles. The van der Waals surface area contributed by atoms with E-state index in [0.717, 1.165) is 49.1 Å². The van der Waals surface area contributed by atoms with Gasteiger partial charge in [0.05, 0.1) is 21.2 Å². The van der Waals surface area contributed by atoms with Crippen LogP contribution in [0.5, 0.6) is 5.75 Å². The molecule has 1 N–H and O–H groups in total. The largest absolute Gasteiger partial charge is 0.483 e. The third kappa shape index (κ3) is 8.00. The maximum absolute atomic E-state index is 14.2. The number of carbonyl (C=O) groups is 2. The molecule has 0 spiro atoms. The minimum Gasteiger partial charge on any atom is -0.483 e. The predicted octanol–water partition coefficient (Wildman–Crippen LogP) is 7.14. The number of anilines is 2. The molecule has 0 saturated carbocycles. The second-order valence-corrected chi connectivity index (χ2v) is 14.0. The number of hydrogen-bond acceptors (Lipinski definition) is 7. The number of amides is 1. The van der Waals surface area contributed by atoms with Crippen molar-refractivity contribution in [3.05, 3.63) is 78.4 Å². The van der Waals surface area contributed by atoms with Crippen LogP contribution in [-0.2, 0) is 19.4 Å². The lowest BCUT2D eigenvalue weighted by atomic mass is 9.79. The van der Waals surface area contributed by atoms with Crippen molar-refractivity contribution in [2.24, 2.45) is 5.41 Å². The van der Waals surface area contributed by atoms with E-state index in [1.165, 1.54) is 11.8 Å². The maximum Gasteiger partial charge on any atom is 0.258 e. The first kappa shape index (κ1) is 32.6. The fourth-order valence-corrected chi connectivity index (χ4v) is 8.46. The summed E-state index contributed by atoms with van der Waals surface area (Å²) in [5.41, 5.74) is 1.84. The fraction of sp³-hybridized carbons (Fsp3) is 0.412. The number of rotatable bonds is 14. The summed E-state index contributed by atoms with van der Waals surface area (Å²) in [4.78, 5) is 27.6. The summed E-state index contributed by atoms with van der Waals surface area (Å²) >= 11 is 1.43. The second-order valence-electron chi connectivity index (χ2n) is 11.2. The highest BCUT2D eigenvalue weighted by Gasteiger charge is 2.42. The molecule has 3 aromatic carbocycles. The van der Waals surface area contributed by atoms with Crippen LogP contribution in [0.4, 0.5) is 11.4 Å². The maximum atomic E-state index is 14.2. The van der Waals surface area contributed by atoms with Crippen molar-refractivity contribution in [1.29, 1.82) is 0 Å². The summed E-state index contributed by atoms with van der Waals surface area (Å²) < 4.78 is 34.4. The van der Waals surface area contributed by atoms with Gasteiger partial charge in [0.1, 0.15) is 18.1 Å². The third-order valence-corrected chi connectivity index (χ3v) is 10.8. The number of thioether (sulfide) groups is 1. The number of nitrogens with one attached hydrogen (secondary N) is 1. The quantitative estimate of drug-likeness (QED) is 0.151. The van der Waals surface area contributed by atoms with Gasteiger partial charge in [-0.05, 0) is 42.9 Å². The Labute approximate surface area is 260 Å². The van der Waals surface area contributed by atoms with Crippen LogP contribution in [0.2, 0.25) is 0 Å². The molecule has 0 radical (unpaired) electrons. The van der Waals surface area contributed by atoms with Crippen molar-refractivity contribution in [3.63, 3.8) is 0 Å². The van der Waals surface area contributed by atoms with Crippen LogP contribution in [0, 0.1) is 5.41 Å². The van der Waals surface area contributed by atoms with Crippen LogP contribution < -0.4 is 15.0 Å². The normalized spacial score (nSPS) is 16.0. The molecular formula is C34H42N2O5S2. The first-order chi connectivity index (χ1) is 20.8. The molecule has 4 rings (SSSR count). The minimum atomic E-state index is -3.71. The number of fused-ring (bicyclic) bond motifs is 1. The molecule has 0 bridgehead atoms. The summed E-state index contributed by atoms with van der Waals surface area (Å²) in [6, 6.07) is 21.6. The number of unbranched alkanes of at least 4 members (excludes halogenated alkanes) is 2. The van der Waals surface area contributed by atoms with E-state index in [-0.39, 0.29) is 17.3 Å². The molecule has 1 aliphatic rings. The van der Waals surface area contributed by atoms with Gasteiger partial charge < -0.3 is 19.7 Å². The molecule has 0 unspecified atom stereocenters. The molecule has 43 heavy (non-hydrogen) atoms. The van der Waals surface area contributed by atoms with Gasteiger partial charge in [0, 0.05) is 23.7 Å². The van der Waals surface area contributed by atoms with Gasteiger partial charge >= 0.3 is 0 Å². The highest BCUT2D eigenvalue weighted by Crippen LogP contribution is 2.47. The van der Waals surface area contributed by atoms with Gasteiger partial charge in [0.25, 0.3) is 5.91 Å². The van der Waals surface area contributed by atoms with Crippen molar-refractivity contribution in [1.82, 2.24) is 5.32 Å². The Hall–Kier alpha value is -3.30. The molecule has 1 aliphatic heterocycles. The topological polar surface area (TPSA) is 92.8 Å². The molecular weight excluding hydrogens is 581 g/mol. The van der Waals surface area contributed by atoms with Gasteiger partial charge in [-0.1, -0.05) is 88.1 Å². The molecule has 7 nitrogen and oxygen atoms in total. The van der Waals surface area contributed by atoms with Gasteiger partial charge in [-0.2, -0.15) is 0 Å². The van der Waals surface area contributed by atoms with E-state index in [4.69, 9.17) is 4.74 Å². The van der Waals surface area contributed by atoms with E-state index in [1.807, 2.05) is 48.7 Å². The Morgan fingerprint density at radius 1 is 1.02 bits per heavy atom. The van der Waals surface area contributed by atoms with Crippen LogP contribution in [0.1, 0.15) is 64.0 Å². The second kappa shape index (κ2) is 14.9. The smallest absolute Gasteiger partial charge is 0.258 e. The van der Waals surface area contributed by atoms with Gasteiger partial charge in [-0.3, -0.25) is 4.79 Å². The van der Waals surface area contributed by atoms with Gasteiger partial charge in [-0.25, -0.2) is 8.42 Å². The zero-order valence-corrected chi connectivity index (χ0v) is 26.9.